The largest absolute Gasteiger partial charge is 0.382 e. The second-order valence-electron chi connectivity index (χ2n) is 7.20. The molecule has 0 spiro atoms. The zero-order valence-electron chi connectivity index (χ0n) is 15.4. The predicted octanol–water partition coefficient (Wildman–Crippen LogP) is 2.98. The Morgan fingerprint density at radius 2 is 2.00 bits per heavy atom. The number of rotatable bonds is 4. The maximum atomic E-state index is 6.04. The normalized spacial score (nSPS) is 11.2. The molecule has 0 saturated heterocycles. The van der Waals surface area contributed by atoms with Crippen molar-refractivity contribution in [1.82, 2.24) is 15.2 Å². The Labute approximate surface area is 153 Å². The minimum absolute atomic E-state index is 0.0934. The molecule has 0 aliphatic rings. The molecule has 0 amide bonds. The van der Waals surface area contributed by atoms with Crippen molar-refractivity contribution in [2.45, 2.75) is 20.8 Å². The Balaban J connectivity index is 2.12. The summed E-state index contributed by atoms with van der Waals surface area (Å²) in [6.45, 7) is 7.48. The zero-order chi connectivity index (χ0) is 18.7. The number of nitrogens with zero attached hydrogens (tertiary/aromatic N) is 2. The molecule has 0 fully saturated rings. The lowest BCUT2D eigenvalue weighted by Gasteiger charge is -2.09. The van der Waals surface area contributed by atoms with Crippen LogP contribution in [0.15, 0.2) is 30.5 Å². The number of aromatic nitrogens is 3. The number of hydrogen-bond donors (Lipinski definition) is 4. The summed E-state index contributed by atoms with van der Waals surface area (Å²) in [6, 6.07) is 8.04. The molecular formula is C20H24N6. The molecule has 26 heavy (non-hydrogen) atoms. The molecule has 3 rings (SSSR count). The van der Waals surface area contributed by atoms with Crippen molar-refractivity contribution in [3.63, 3.8) is 0 Å². The van der Waals surface area contributed by atoms with E-state index in [2.05, 4.69) is 59.2 Å². The van der Waals surface area contributed by atoms with E-state index in [0.717, 1.165) is 33.4 Å². The van der Waals surface area contributed by atoms with Crippen LogP contribution < -0.4 is 16.8 Å². The summed E-state index contributed by atoms with van der Waals surface area (Å²) in [4.78, 5) is 4.33. The highest BCUT2D eigenvalue weighted by Crippen LogP contribution is 2.30. The number of benzene rings is 1. The van der Waals surface area contributed by atoms with Crippen molar-refractivity contribution in [3.8, 4) is 23.0 Å². The number of H-pyrrole nitrogens is 1. The number of nitrogen functional groups attached to an aromatic ring is 1. The highest BCUT2D eigenvalue weighted by molar-refractivity contribution is 5.96. The minimum Gasteiger partial charge on any atom is -0.382 e. The third kappa shape index (κ3) is 3.95. The van der Waals surface area contributed by atoms with Gasteiger partial charge in [0.05, 0.1) is 11.1 Å². The van der Waals surface area contributed by atoms with E-state index in [4.69, 9.17) is 11.5 Å². The van der Waals surface area contributed by atoms with Crippen LogP contribution in [-0.4, -0.2) is 28.3 Å². The molecule has 0 saturated carbocycles. The number of nitrogens with two attached hydrogens (primary N) is 2. The van der Waals surface area contributed by atoms with Gasteiger partial charge in [-0.05, 0) is 56.2 Å². The van der Waals surface area contributed by atoms with E-state index in [-0.39, 0.29) is 5.41 Å². The number of pyridine rings is 1. The average Bonchev–Trinajstić information content (AvgIpc) is 2.99. The topological polar surface area (TPSA) is 106 Å². The Morgan fingerprint density at radius 3 is 2.73 bits per heavy atom. The fourth-order valence-electron chi connectivity index (χ4n) is 2.57. The fourth-order valence-corrected chi connectivity index (χ4v) is 2.57. The van der Waals surface area contributed by atoms with E-state index in [9.17, 15) is 0 Å². The monoisotopic (exact) mass is 348 g/mol. The molecule has 0 radical (unpaired) electrons. The molecule has 2 heterocycles. The van der Waals surface area contributed by atoms with Crippen molar-refractivity contribution in [2.24, 2.45) is 11.1 Å². The summed E-state index contributed by atoms with van der Waals surface area (Å²) < 4.78 is 0. The molecule has 0 bridgehead atoms. The van der Waals surface area contributed by atoms with Gasteiger partial charge >= 0.3 is 0 Å². The smallest absolute Gasteiger partial charge is 0.153 e. The molecule has 134 valence electrons. The first-order chi connectivity index (χ1) is 12.4. The number of aromatic amines is 1. The van der Waals surface area contributed by atoms with Gasteiger partial charge in [-0.25, -0.2) is 4.98 Å². The number of anilines is 2. The van der Waals surface area contributed by atoms with Crippen molar-refractivity contribution < 1.29 is 0 Å². The second kappa shape index (κ2) is 7.06. The van der Waals surface area contributed by atoms with Gasteiger partial charge in [-0.15, -0.1) is 0 Å². The molecular weight excluding hydrogens is 324 g/mol. The third-order valence-electron chi connectivity index (χ3n) is 3.82. The van der Waals surface area contributed by atoms with Gasteiger partial charge in [0.25, 0.3) is 0 Å². The van der Waals surface area contributed by atoms with Crippen LogP contribution >= 0.6 is 0 Å². The first kappa shape index (κ1) is 17.8. The molecule has 1 aromatic carbocycles. The van der Waals surface area contributed by atoms with Gasteiger partial charge in [-0.3, -0.25) is 5.10 Å². The fraction of sp³-hybridized carbons (Fsp3) is 0.300. The van der Waals surface area contributed by atoms with Crippen molar-refractivity contribution in [2.75, 3.05) is 24.1 Å². The average molecular weight is 348 g/mol. The SMILES string of the molecule is CC(C)(C)C#Cc1cc(-c2ccnc(NCCN)c2)cc2c(N)n[nH]c12. The Morgan fingerprint density at radius 1 is 1.19 bits per heavy atom. The lowest BCUT2D eigenvalue weighted by Crippen LogP contribution is -2.13. The van der Waals surface area contributed by atoms with Crippen molar-refractivity contribution in [1.29, 1.82) is 0 Å². The number of hydrogen-bond acceptors (Lipinski definition) is 5. The molecule has 0 atom stereocenters. The van der Waals surface area contributed by atoms with Gasteiger partial charge in [0, 0.05) is 30.1 Å². The molecule has 6 heteroatoms. The van der Waals surface area contributed by atoms with Crippen LogP contribution in [0.2, 0.25) is 0 Å². The maximum Gasteiger partial charge on any atom is 0.153 e. The quantitative estimate of drug-likeness (QED) is 0.543. The Hall–Kier alpha value is -3.04. The van der Waals surface area contributed by atoms with Crippen LogP contribution in [0.1, 0.15) is 26.3 Å². The molecule has 6 nitrogen and oxygen atoms in total. The first-order valence-electron chi connectivity index (χ1n) is 8.58. The van der Waals surface area contributed by atoms with Crippen molar-refractivity contribution in [3.05, 3.63) is 36.0 Å². The summed E-state index contributed by atoms with van der Waals surface area (Å²) in [5.74, 6) is 7.81. The summed E-state index contributed by atoms with van der Waals surface area (Å²) >= 11 is 0. The molecule has 0 aliphatic heterocycles. The summed E-state index contributed by atoms with van der Waals surface area (Å²) in [5.41, 5.74) is 15.3. The minimum atomic E-state index is -0.0934. The highest BCUT2D eigenvalue weighted by atomic mass is 15.1. The van der Waals surface area contributed by atoms with Crippen LogP contribution in [0.5, 0.6) is 0 Å². The molecule has 6 N–H and O–H groups in total. The lowest BCUT2D eigenvalue weighted by atomic mass is 9.96. The van der Waals surface area contributed by atoms with E-state index in [0.29, 0.717) is 18.9 Å². The van der Waals surface area contributed by atoms with E-state index < -0.39 is 0 Å². The van der Waals surface area contributed by atoms with E-state index in [1.54, 1.807) is 6.20 Å². The standard InChI is InChI=1S/C20H24N6/c1-20(2,3)6-4-14-10-15(11-16-18(14)25-26-19(16)22)13-5-8-23-17(12-13)24-9-7-21/h5,8,10-12H,7,9,21H2,1-3H3,(H,23,24)(H3,22,25,26). The number of fused-ring (bicyclic) bond motifs is 1. The number of nitrogens with one attached hydrogen (secondary N) is 2. The zero-order valence-corrected chi connectivity index (χ0v) is 15.4. The van der Waals surface area contributed by atoms with Crippen LogP contribution in [0.25, 0.3) is 22.0 Å². The van der Waals surface area contributed by atoms with E-state index in [1.165, 1.54) is 0 Å². The van der Waals surface area contributed by atoms with Gasteiger partial charge in [0.15, 0.2) is 5.82 Å². The molecule has 0 aliphatic carbocycles. The van der Waals surface area contributed by atoms with Crippen LogP contribution in [0, 0.1) is 17.3 Å². The van der Waals surface area contributed by atoms with Crippen LogP contribution in [0.4, 0.5) is 11.6 Å². The Bertz CT molecular complexity index is 985. The molecule has 3 aromatic rings. The van der Waals surface area contributed by atoms with E-state index in [1.807, 2.05) is 18.2 Å². The van der Waals surface area contributed by atoms with Gasteiger partial charge in [-0.2, -0.15) is 5.10 Å². The predicted molar refractivity (Wildman–Crippen MR) is 108 cm³/mol. The van der Waals surface area contributed by atoms with Crippen LogP contribution in [-0.2, 0) is 0 Å². The first-order valence-corrected chi connectivity index (χ1v) is 8.58. The summed E-state index contributed by atoms with van der Waals surface area (Å²) in [6.07, 6.45) is 1.78. The van der Waals surface area contributed by atoms with Crippen molar-refractivity contribution >= 4 is 22.5 Å². The van der Waals surface area contributed by atoms with Crippen LogP contribution in [0.3, 0.4) is 0 Å². The maximum absolute atomic E-state index is 6.04. The van der Waals surface area contributed by atoms with Gasteiger partial charge in [0.2, 0.25) is 0 Å². The third-order valence-corrected chi connectivity index (χ3v) is 3.82. The van der Waals surface area contributed by atoms with E-state index >= 15 is 0 Å². The van der Waals surface area contributed by atoms with Gasteiger partial charge in [-0.1, -0.05) is 11.8 Å². The van der Waals surface area contributed by atoms with Gasteiger partial charge in [0.1, 0.15) is 5.82 Å². The highest BCUT2D eigenvalue weighted by Gasteiger charge is 2.11. The summed E-state index contributed by atoms with van der Waals surface area (Å²) in [7, 11) is 0. The molecule has 0 unspecified atom stereocenters. The summed E-state index contributed by atoms with van der Waals surface area (Å²) in [5, 5.41) is 11.2. The second-order valence-corrected chi connectivity index (χ2v) is 7.20. The van der Waals surface area contributed by atoms with Gasteiger partial charge < -0.3 is 16.8 Å². The lowest BCUT2D eigenvalue weighted by molar-refractivity contribution is 0.571. The Kier molecular flexibility index (Phi) is 4.83. The molecule has 2 aromatic heterocycles.